The first-order valence-electron chi connectivity index (χ1n) is 6.26. The molecule has 1 atom stereocenters. The van der Waals surface area contributed by atoms with Crippen LogP contribution in [0.3, 0.4) is 0 Å². The molecule has 5 heteroatoms. The molecule has 1 saturated carbocycles. The highest BCUT2D eigenvalue weighted by Crippen LogP contribution is 2.47. The van der Waals surface area contributed by atoms with Gasteiger partial charge < -0.3 is 15.8 Å². The van der Waals surface area contributed by atoms with Gasteiger partial charge in [0.15, 0.2) is 0 Å². The van der Waals surface area contributed by atoms with E-state index in [1.165, 1.54) is 29.9 Å². The summed E-state index contributed by atoms with van der Waals surface area (Å²) < 4.78 is 9.51. The lowest BCUT2D eigenvalue weighted by Gasteiger charge is -2.18. The largest absolute Gasteiger partial charge is 0.383 e. The van der Waals surface area contributed by atoms with Crippen LogP contribution in [-0.2, 0) is 4.74 Å². The lowest BCUT2D eigenvalue weighted by Crippen LogP contribution is -2.24. The van der Waals surface area contributed by atoms with Gasteiger partial charge in [-0.3, -0.25) is 0 Å². The quantitative estimate of drug-likeness (QED) is 0.786. The third-order valence-corrected chi connectivity index (χ3v) is 3.89. The molecule has 0 spiro atoms. The van der Waals surface area contributed by atoms with Crippen LogP contribution in [0.4, 0.5) is 10.8 Å². The monoisotopic (exact) mass is 255 g/mol. The molecule has 1 unspecified atom stereocenters. The average molecular weight is 255 g/mol. The number of nitrogens with one attached hydrogen (secondary N) is 1. The molecule has 17 heavy (non-hydrogen) atoms. The Labute approximate surface area is 107 Å². The maximum Gasteiger partial charge on any atom is 0.142 e. The van der Waals surface area contributed by atoms with Crippen molar-refractivity contribution in [3.63, 3.8) is 0 Å². The van der Waals surface area contributed by atoms with E-state index in [1.807, 2.05) is 0 Å². The van der Waals surface area contributed by atoms with Gasteiger partial charge in [0.25, 0.3) is 0 Å². The third kappa shape index (κ3) is 3.10. The molecule has 0 aliphatic heterocycles. The highest BCUT2D eigenvalue weighted by molar-refractivity contribution is 7.10. The Morgan fingerprint density at radius 1 is 1.59 bits per heavy atom. The van der Waals surface area contributed by atoms with Crippen LogP contribution in [0.25, 0.3) is 0 Å². The van der Waals surface area contributed by atoms with E-state index in [4.69, 9.17) is 10.5 Å². The number of nitrogens with zero attached hydrogens (tertiary/aromatic N) is 1. The van der Waals surface area contributed by atoms with Crippen LogP contribution in [0.15, 0.2) is 0 Å². The van der Waals surface area contributed by atoms with Gasteiger partial charge in [-0.05, 0) is 36.7 Å². The maximum atomic E-state index is 5.93. The summed E-state index contributed by atoms with van der Waals surface area (Å²) in [5.41, 5.74) is 7.18. The number of hydrogen-bond donors (Lipinski definition) is 2. The lowest BCUT2D eigenvalue weighted by atomic mass is 10.1. The van der Waals surface area contributed by atoms with Gasteiger partial charge in [0.1, 0.15) is 10.8 Å². The summed E-state index contributed by atoms with van der Waals surface area (Å²) >= 11 is 1.48. The minimum atomic E-state index is 0.363. The number of nitrogen functional groups attached to an aromatic ring is 1. The van der Waals surface area contributed by atoms with Crippen molar-refractivity contribution in [3.8, 4) is 0 Å². The van der Waals surface area contributed by atoms with E-state index in [2.05, 4.69) is 16.6 Å². The molecular weight excluding hydrogens is 234 g/mol. The first-order chi connectivity index (χ1) is 8.26. The molecule has 1 aromatic heterocycles. The Morgan fingerprint density at radius 2 is 2.35 bits per heavy atom. The number of methoxy groups -OCH3 is 1. The summed E-state index contributed by atoms with van der Waals surface area (Å²) in [5.74, 6) is 1.36. The summed E-state index contributed by atoms with van der Waals surface area (Å²) in [7, 11) is 1.74. The minimum Gasteiger partial charge on any atom is -0.383 e. The van der Waals surface area contributed by atoms with E-state index < -0.39 is 0 Å². The summed E-state index contributed by atoms with van der Waals surface area (Å²) in [6.07, 6.45) is 4.75. The van der Waals surface area contributed by atoms with Gasteiger partial charge in [0.05, 0.1) is 12.6 Å². The Bertz CT molecular complexity index is 357. The molecular formula is C12H21N3OS. The van der Waals surface area contributed by atoms with Crippen LogP contribution in [0.1, 0.15) is 44.1 Å². The highest BCUT2D eigenvalue weighted by Gasteiger charge is 2.31. The maximum absolute atomic E-state index is 5.93. The fourth-order valence-electron chi connectivity index (χ4n) is 2.11. The zero-order chi connectivity index (χ0) is 12.3. The second-order valence-corrected chi connectivity index (χ2v) is 5.44. The van der Waals surface area contributed by atoms with Crippen molar-refractivity contribution in [1.82, 2.24) is 4.37 Å². The number of hydrogen-bond acceptors (Lipinski definition) is 5. The van der Waals surface area contributed by atoms with E-state index in [1.54, 1.807) is 7.11 Å². The molecule has 1 aliphatic carbocycles. The van der Waals surface area contributed by atoms with Crippen molar-refractivity contribution < 1.29 is 4.74 Å². The topological polar surface area (TPSA) is 60.2 Å². The Hall–Kier alpha value is -0.810. The number of nitrogens with two attached hydrogens (primary N) is 1. The number of anilines is 2. The van der Waals surface area contributed by atoms with Crippen LogP contribution < -0.4 is 11.1 Å². The van der Waals surface area contributed by atoms with Crippen molar-refractivity contribution in [2.24, 2.45) is 0 Å². The predicted molar refractivity (Wildman–Crippen MR) is 72.7 cm³/mol. The van der Waals surface area contributed by atoms with E-state index >= 15 is 0 Å². The minimum absolute atomic E-state index is 0.363. The molecule has 1 heterocycles. The molecule has 0 saturated heterocycles. The summed E-state index contributed by atoms with van der Waals surface area (Å²) in [6, 6.07) is 0.363. The number of aromatic nitrogens is 1. The zero-order valence-corrected chi connectivity index (χ0v) is 11.3. The molecule has 1 aromatic rings. The first-order valence-corrected chi connectivity index (χ1v) is 7.04. The molecule has 1 aliphatic rings. The first kappa shape index (κ1) is 12.6. The fraction of sp³-hybridized carbons (Fsp3) is 0.750. The molecule has 0 bridgehead atoms. The molecule has 0 amide bonds. The highest BCUT2D eigenvalue weighted by atomic mass is 32.1. The third-order valence-electron chi connectivity index (χ3n) is 3.08. The van der Waals surface area contributed by atoms with Crippen molar-refractivity contribution in [2.75, 3.05) is 24.8 Å². The van der Waals surface area contributed by atoms with Crippen LogP contribution in [-0.4, -0.2) is 24.1 Å². The van der Waals surface area contributed by atoms with Crippen molar-refractivity contribution in [1.29, 1.82) is 0 Å². The van der Waals surface area contributed by atoms with Gasteiger partial charge in [-0.2, -0.15) is 4.37 Å². The predicted octanol–water partition coefficient (Wildman–Crippen LogP) is 2.83. The average Bonchev–Trinajstić information content (AvgIpc) is 3.06. The van der Waals surface area contributed by atoms with Crippen molar-refractivity contribution in [3.05, 3.63) is 5.56 Å². The second kappa shape index (κ2) is 5.69. The van der Waals surface area contributed by atoms with Gasteiger partial charge in [-0.1, -0.05) is 13.3 Å². The zero-order valence-electron chi connectivity index (χ0n) is 10.5. The normalized spacial score (nSPS) is 17.1. The Balaban J connectivity index is 2.05. The van der Waals surface area contributed by atoms with Gasteiger partial charge in [-0.25, -0.2) is 0 Å². The molecule has 0 aromatic carbocycles. The smallest absolute Gasteiger partial charge is 0.142 e. The van der Waals surface area contributed by atoms with Gasteiger partial charge >= 0.3 is 0 Å². The van der Waals surface area contributed by atoms with Crippen LogP contribution >= 0.6 is 11.5 Å². The van der Waals surface area contributed by atoms with Crippen LogP contribution in [0, 0.1) is 0 Å². The molecule has 4 nitrogen and oxygen atoms in total. The van der Waals surface area contributed by atoms with Crippen LogP contribution in [0.5, 0.6) is 0 Å². The van der Waals surface area contributed by atoms with Gasteiger partial charge in [0, 0.05) is 12.7 Å². The number of ether oxygens (including phenoxy) is 1. The van der Waals surface area contributed by atoms with E-state index in [0.717, 1.165) is 24.4 Å². The van der Waals surface area contributed by atoms with Crippen LogP contribution in [0.2, 0.25) is 0 Å². The summed E-state index contributed by atoms with van der Waals surface area (Å²) in [5, 5.41) is 4.70. The van der Waals surface area contributed by atoms with Crippen molar-refractivity contribution in [2.45, 2.75) is 44.6 Å². The van der Waals surface area contributed by atoms with E-state index in [-0.39, 0.29) is 0 Å². The Kier molecular flexibility index (Phi) is 4.23. The summed E-state index contributed by atoms with van der Waals surface area (Å²) in [4.78, 5) is 0. The van der Waals surface area contributed by atoms with E-state index in [0.29, 0.717) is 17.8 Å². The fourth-order valence-corrected chi connectivity index (χ4v) is 2.99. The van der Waals surface area contributed by atoms with Crippen molar-refractivity contribution >= 4 is 22.4 Å². The SMILES string of the molecule is CCCC(COC)Nc1snc(N)c1C1CC1. The number of rotatable bonds is 7. The lowest BCUT2D eigenvalue weighted by molar-refractivity contribution is 0.182. The van der Waals surface area contributed by atoms with Gasteiger partial charge in [0.2, 0.25) is 0 Å². The molecule has 96 valence electrons. The second-order valence-electron chi connectivity index (χ2n) is 4.67. The van der Waals surface area contributed by atoms with Gasteiger partial charge in [-0.15, -0.1) is 0 Å². The molecule has 2 rings (SSSR count). The molecule has 0 radical (unpaired) electrons. The Morgan fingerprint density at radius 3 is 2.94 bits per heavy atom. The molecule has 1 fully saturated rings. The molecule has 3 N–H and O–H groups in total. The summed E-state index contributed by atoms with van der Waals surface area (Å²) in [6.45, 7) is 2.92. The standard InChI is InChI=1S/C12H21N3OS/c1-3-4-9(7-16-2)14-12-10(8-5-6-8)11(13)15-17-12/h8-9,14H,3-7H2,1-2H3,(H2,13,15). The van der Waals surface area contributed by atoms with E-state index in [9.17, 15) is 0 Å².